The van der Waals surface area contributed by atoms with Crippen molar-refractivity contribution in [2.24, 2.45) is 5.92 Å². The van der Waals surface area contributed by atoms with Crippen LogP contribution in [0.15, 0.2) is 24.3 Å². The fourth-order valence-electron chi connectivity index (χ4n) is 4.60. The zero-order chi connectivity index (χ0) is 22.7. The van der Waals surface area contributed by atoms with Crippen molar-refractivity contribution in [2.75, 3.05) is 37.7 Å². The molecule has 176 valence electrons. The fourth-order valence-corrected chi connectivity index (χ4v) is 4.60. The van der Waals surface area contributed by atoms with Gasteiger partial charge in [0.1, 0.15) is 0 Å². The molecule has 2 aromatic rings. The van der Waals surface area contributed by atoms with Gasteiger partial charge in [0, 0.05) is 38.5 Å². The van der Waals surface area contributed by atoms with Crippen molar-refractivity contribution in [3.05, 3.63) is 35.7 Å². The second kappa shape index (κ2) is 9.74. The second-order valence-electron chi connectivity index (χ2n) is 9.07. The van der Waals surface area contributed by atoms with E-state index in [2.05, 4.69) is 34.3 Å². The molecule has 2 aliphatic heterocycles. The van der Waals surface area contributed by atoms with E-state index in [9.17, 15) is 13.2 Å². The molecule has 2 atom stereocenters. The minimum Gasteiger partial charge on any atom is -0.376 e. The number of hydrogen-bond donors (Lipinski definition) is 0. The van der Waals surface area contributed by atoms with E-state index in [4.69, 9.17) is 4.74 Å². The molecule has 0 N–H and O–H groups in total. The Morgan fingerprint density at radius 2 is 1.94 bits per heavy atom. The molecule has 0 aliphatic carbocycles. The number of rotatable bonds is 7. The first-order valence-electron chi connectivity index (χ1n) is 11.3. The summed E-state index contributed by atoms with van der Waals surface area (Å²) in [5, 5.41) is 12.5. The van der Waals surface area contributed by atoms with Gasteiger partial charge < -0.3 is 9.64 Å². The Bertz CT molecular complexity index is 873. The molecule has 10 heteroatoms. The van der Waals surface area contributed by atoms with Crippen LogP contribution in [-0.4, -0.2) is 64.0 Å². The third-order valence-corrected chi connectivity index (χ3v) is 6.25. The van der Waals surface area contributed by atoms with E-state index in [1.807, 2.05) is 9.58 Å². The monoisotopic (exact) mass is 452 g/mol. The number of tetrazole rings is 1. The van der Waals surface area contributed by atoms with Gasteiger partial charge in [-0.1, -0.05) is 19.9 Å². The molecule has 32 heavy (non-hydrogen) atoms. The topological polar surface area (TPSA) is 59.3 Å². The summed E-state index contributed by atoms with van der Waals surface area (Å²) in [7, 11) is 0. The molecule has 0 saturated carbocycles. The zero-order valence-corrected chi connectivity index (χ0v) is 18.6. The van der Waals surface area contributed by atoms with Gasteiger partial charge in [-0.3, -0.25) is 4.90 Å². The largest absolute Gasteiger partial charge is 0.416 e. The molecule has 0 unspecified atom stereocenters. The summed E-state index contributed by atoms with van der Waals surface area (Å²) < 4.78 is 47.0. The molecule has 3 heterocycles. The maximum Gasteiger partial charge on any atom is 0.416 e. The Morgan fingerprint density at radius 1 is 1.16 bits per heavy atom. The number of benzene rings is 1. The summed E-state index contributed by atoms with van der Waals surface area (Å²) in [6.07, 6.45) is -1.19. The van der Waals surface area contributed by atoms with Crippen molar-refractivity contribution in [1.82, 2.24) is 25.1 Å². The van der Waals surface area contributed by atoms with E-state index >= 15 is 0 Å². The number of piperazine rings is 1. The fraction of sp³-hybridized carbons (Fsp3) is 0.682. The molecule has 0 bridgehead atoms. The van der Waals surface area contributed by atoms with Gasteiger partial charge in [0.05, 0.1) is 24.3 Å². The highest BCUT2D eigenvalue weighted by atomic mass is 19.4. The number of nitrogens with zero attached hydrogens (tertiary/aromatic N) is 6. The first kappa shape index (κ1) is 23.0. The van der Waals surface area contributed by atoms with Crippen LogP contribution in [0, 0.1) is 5.92 Å². The van der Waals surface area contributed by atoms with Crippen LogP contribution in [0.2, 0.25) is 0 Å². The molecule has 2 saturated heterocycles. The van der Waals surface area contributed by atoms with Crippen LogP contribution in [0.5, 0.6) is 0 Å². The predicted molar refractivity (Wildman–Crippen MR) is 114 cm³/mol. The Hall–Kier alpha value is -2.20. The van der Waals surface area contributed by atoms with Crippen LogP contribution in [0.25, 0.3) is 0 Å². The van der Waals surface area contributed by atoms with Gasteiger partial charge in [0.25, 0.3) is 0 Å². The first-order chi connectivity index (χ1) is 15.3. The highest BCUT2D eigenvalue weighted by Gasteiger charge is 2.33. The summed E-state index contributed by atoms with van der Waals surface area (Å²) in [6, 6.07) is 5.65. The SMILES string of the molecule is CC(C)C[C@@H](c1nnnn1C[C@@H]1CCCO1)N1CCN(c2cccc(C(F)(F)F)c2)CC1. The summed E-state index contributed by atoms with van der Waals surface area (Å²) in [6.45, 7) is 8.59. The molecule has 2 aliphatic rings. The van der Waals surface area contributed by atoms with Gasteiger partial charge in [-0.15, -0.1) is 5.10 Å². The number of hydrogen-bond acceptors (Lipinski definition) is 6. The zero-order valence-electron chi connectivity index (χ0n) is 18.6. The van der Waals surface area contributed by atoms with Gasteiger partial charge in [0.15, 0.2) is 5.82 Å². The molecule has 0 spiro atoms. The number of aromatic nitrogens is 4. The number of anilines is 1. The van der Waals surface area contributed by atoms with Crippen molar-refractivity contribution in [2.45, 2.75) is 58.0 Å². The Morgan fingerprint density at radius 3 is 2.59 bits per heavy atom. The van der Waals surface area contributed by atoms with Gasteiger partial charge >= 0.3 is 6.18 Å². The van der Waals surface area contributed by atoms with E-state index in [0.717, 1.165) is 50.8 Å². The van der Waals surface area contributed by atoms with Crippen LogP contribution in [0.3, 0.4) is 0 Å². The van der Waals surface area contributed by atoms with Gasteiger partial charge in [-0.05, 0) is 53.8 Å². The van der Waals surface area contributed by atoms with E-state index in [1.165, 1.54) is 12.1 Å². The van der Waals surface area contributed by atoms with Gasteiger partial charge in [0.2, 0.25) is 0 Å². The molecular weight excluding hydrogens is 421 g/mol. The molecule has 0 amide bonds. The van der Waals surface area contributed by atoms with E-state index in [1.54, 1.807) is 6.07 Å². The Balaban J connectivity index is 1.46. The lowest BCUT2D eigenvalue weighted by Gasteiger charge is -2.40. The summed E-state index contributed by atoms with van der Waals surface area (Å²) in [4.78, 5) is 4.38. The molecule has 2 fully saturated rings. The quantitative estimate of drug-likeness (QED) is 0.637. The van der Waals surface area contributed by atoms with Gasteiger partial charge in [-0.25, -0.2) is 4.68 Å². The highest BCUT2D eigenvalue weighted by Crippen LogP contribution is 2.33. The minimum atomic E-state index is -4.33. The molecule has 1 aromatic carbocycles. The molecule has 7 nitrogen and oxygen atoms in total. The van der Waals surface area contributed by atoms with Crippen LogP contribution in [-0.2, 0) is 17.5 Å². The maximum absolute atomic E-state index is 13.1. The number of alkyl halides is 3. The Kier molecular flexibility index (Phi) is 6.99. The van der Waals surface area contributed by atoms with E-state index in [-0.39, 0.29) is 12.1 Å². The van der Waals surface area contributed by atoms with Crippen LogP contribution < -0.4 is 4.90 Å². The summed E-state index contributed by atoms with van der Waals surface area (Å²) >= 11 is 0. The third-order valence-electron chi connectivity index (χ3n) is 6.25. The predicted octanol–water partition coefficient (Wildman–Crippen LogP) is 3.78. The average Bonchev–Trinajstić information content (AvgIpc) is 3.44. The minimum absolute atomic E-state index is 0.0649. The normalized spacial score (nSPS) is 21.4. The average molecular weight is 453 g/mol. The third kappa shape index (κ3) is 5.40. The lowest BCUT2D eigenvalue weighted by atomic mass is 10.0. The van der Waals surface area contributed by atoms with Crippen LogP contribution in [0.1, 0.15) is 50.5 Å². The standard InChI is InChI=1S/C22H31F3N6O/c1-16(2)13-20(21-26-27-28-31(21)15-19-7-4-12-32-19)30-10-8-29(9-11-30)18-6-3-5-17(14-18)22(23,24)25/h3,5-6,14,16,19-20H,4,7-13,15H2,1-2H3/t19-,20-/m0/s1. The van der Waals surface area contributed by atoms with Crippen LogP contribution >= 0.6 is 0 Å². The maximum atomic E-state index is 13.1. The molecular formula is C22H31F3N6O. The van der Waals surface area contributed by atoms with E-state index in [0.29, 0.717) is 31.2 Å². The summed E-state index contributed by atoms with van der Waals surface area (Å²) in [5.74, 6) is 1.30. The van der Waals surface area contributed by atoms with Crippen molar-refractivity contribution >= 4 is 5.69 Å². The lowest BCUT2D eigenvalue weighted by molar-refractivity contribution is -0.137. The van der Waals surface area contributed by atoms with E-state index < -0.39 is 11.7 Å². The van der Waals surface area contributed by atoms with Crippen LogP contribution in [0.4, 0.5) is 18.9 Å². The van der Waals surface area contributed by atoms with Crippen molar-refractivity contribution in [3.8, 4) is 0 Å². The molecule has 0 radical (unpaired) electrons. The molecule has 1 aromatic heterocycles. The second-order valence-corrected chi connectivity index (χ2v) is 9.07. The van der Waals surface area contributed by atoms with Crippen molar-refractivity contribution in [1.29, 1.82) is 0 Å². The van der Waals surface area contributed by atoms with Crippen molar-refractivity contribution < 1.29 is 17.9 Å². The smallest absolute Gasteiger partial charge is 0.376 e. The first-order valence-corrected chi connectivity index (χ1v) is 11.3. The number of ether oxygens (including phenoxy) is 1. The lowest BCUT2D eigenvalue weighted by Crippen LogP contribution is -2.48. The van der Waals surface area contributed by atoms with Gasteiger partial charge in [-0.2, -0.15) is 13.2 Å². The summed E-state index contributed by atoms with van der Waals surface area (Å²) in [5.41, 5.74) is 0.00604. The molecule has 4 rings (SSSR count). The highest BCUT2D eigenvalue weighted by molar-refractivity contribution is 5.49. The number of halogens is 3. The Labute approximate surface area is 186 Å². The van der Waals surface area contributed by atoms with Crippen molar-refractivity contribution in [3.63, 3.8) is 0 Å².